The number of hydrogen-bond acceptors (Lipinski definition) is 2. The lowest BCUT2D eigenvalue weighted by Gasteiger charge is -2.03. The summed E-state index contributed by atoms with van der Waals surface area (Å²) in [4.78, 5) is 12.6. The van der Waals surface area contributed by atoms with E-state index in [1.165, 1.54) is 12.1 Å². The minimum absolute atomic E-state index is 0.244. The highest BCUT2D eigenvalue weighted by molar-refractivity contribution is 7.09. The summed E-state index contributed by atoms with van der Waals surface area (Å²) in [5, 5.41) is 7.33. The fourth-order valence-electron chi connectivity index (χ4n) is 1.45. The molecule has 2 aromatic rings. The van der Waals surface area contributed by atoms with Crippen LogP contribution in [0.1, 0.15) is 10.4 Å². The lowest BCUT2D eigenvalue weighted by molar-refractivity contribution is 0.242. The molecule has 0 bridgehead atoms. The first kappa shape index (κ1) is 14.1. The lowest BCUT2D eigenvalue weighted by atomic mass is 10.2. The van der Waals surface area contributed by atoms with Crippen molar-refractivity contribution in [1.29, 1.82) is 0 Å². The van der Waals surface area contributed by atoms with Crippen molar-refractivity contribution in [2.75, 3.05) is 6.54 Å². The maximum atomic E-state index is 12.7. The highest BCUT2D eigenvalue weighted by Gasteiger charge is 1.98. The van der Waals surface area contributed by atoms with E-state index in [9.17, 15) is 9.18 Å². The van der Waals surface area contributed by atoms with Crippen molar-refractivity contribution < 1.29 is 9.18 Å². The van der Waals surface area contributed by atoms with Gasteiger partial charge in [0.25, 0.3) is 0 Å². The molecule has 0 saturated carbocycles. The number of thiophene rings is 1. The molecule has 0 saturated heterocycles. The van der Waals surface area contributed by atoms with Crippen molar-refractivity contribution in [3.63, 3.8) is 0 Å². The van der Waals surface area contributed by atoms with Gasteiger partial charge in [-0.2, -0.15) is 0 Å². The summed E-state index contributed by atoms with van der Waals surface area (Å²) in [5.41, 5.74) is 0.715. The fraction of sp³-hybridized carbons (Fsp3) is 0.133. The molecule has 0 fully saturated rings. The van der Waals surface area contributed by atoms with E-state index in [0.717, 1.165) is 4.88 Å². The van der Waals surface area contributed by atoms with E-state index in [0.29, 0.717) is 12.1 Å². The van der Waals surface area contributed by atoms with Gasteiger partial charge in [0.2, 0.25) is 0 Å². The van der Waals surface area contributed by atoms with Crippen LogP contribution in [0.25, 0.3) is 0 Å². The van der Waals surface area contributed by atoms with Crippen LogP contribution in [0.5, 0.6) is 0 Å². The molecule has 0 aliphatic rings. The SMILES string of the molecule is O=C(NCC#Cc1ccc(F)cc1)NCc1cccs1. The average Bonchev–Trinajstić information content (AvgIpc) is 2.96. The van der Waals surface area contributed by atoms with Crippen molar-refractivity contribution in [1.82, 2.24) is 10.6 Å². The summed E-state index contributed by atoms with van der Waals surface area (Å²) in [6.07, 6.45) is 0. The summed E-state index contributed by atoms with van der Waals surface area (Å²) >= 11 is 1.59. The van der Waals surface area contributed by atoms with Crippen molar-refractivity contribution in [3.05, 3.63) is 58.0 Å². The Hall–Kier alpha value is -2.32. The Morgan fingerprint density at radius 2 is 2.00 bits per heavy atom. The largest absolute Gasteiger partial charge is 0.333 e. The minimum atomic E-state index is -0.290. The third-order valence-corrected chi connectivity index (χ3v) is 3.29. The first-order valence-electron chi connectivity index (χ1n) is 6.02. The molecule has 0 unspecified atom stereocenters. The molecular weight excluding hydrogens is 275 g/mol. The van der Waals surface area contributed by atoms with Crippen LogP contribution in [0.15, 0.2) is 41.8 Å². The highest BCUT2D eigenvalue weighted by atomic mass is 32.1. The Kier molecular flexibility index (Phi) is 5.15. The van der Waals surface area contributed by atoms with Crippen LogP contribution < -0.4 is 10.6 Å². The summed E-state index contributed by atoms with van der Waals surface area (Å²) in [5.74, 6) is 5.35. The van der Waals surface area contributed by atoms with Gasteiger partial charge >= 0.3 is 6.03 Å². The van der Waals surface area contributed by atoms with E-state index < -0.39 is 0 Å². The standard InChI is InChI=1S/C15H13FN2OS/c16-13-7-5-12(6-8-13)3-1-9-17-15(19)18-11-14-4-2-10-20-14/h2,4-8,10H,9,11H2,(H2,17,18,19). The molecule has 2 N–H and O–H groups in total. The van der Waals surface area contributed by atoms with E-state index >= 15 is 0 Å². The van der Waals surface area contributed by atoms with E-state index in [2.05, 4.69) is 22.5 Å². The number of carbonyl (C=O) groups is 1. The number of halogens is 1. The molecule has 3 nitrogen and oxygen atoms in total. The molecule has 20 heavy (non-hydrogen) atoms. The number of nitrogens with one attached hydrogen (secondary N) is 2. The van der Waals surface area contributed by atoms with E-state index in [4.69, 9.17) is 0 Å². The number of carbonyl (C=O) groups excluding carboxylic acids is 1. The Balaban J connectivity index is 1.70. The average molecular weight is 288 g/mol. The van der Waals surface area contributed by atoms with Crippen LogP contribution in [0, 0.1) is 17.7 Å². The van der Waals surface area contributed by atoms with Crippen LogP contribution in [0.4, 0.5) is 9.18 Å². The van der Waals surface area contributed by atoms with Crippen molar-refractivity contribution in [3.8, 4) is 11.8 Å². The summed E-state index contributed by atoms with van der Waals surface area (Å²) in [6, 6.07) is 9.54. The summed E-state index contributed by atoms with van der Waals surface area (Å²) < 4.78 is 12.7. The van der Waals surface area contributed by atoms with Crippen LogP contribution in [-0.4, -0.2) is 12.6 Å². The number of hydrogen-bond donors (Lipinski definition) is 2. The third-order valence-electron chi connectivity index (χ3n) is 2.42. The molecule has 2 rings (SSSR count). The topological polar surface area (TPSA) is 41.1 Å². The van der Waals surface area contributed by atoms with Gasteiger partial charge in [-0.15, -0.1) is 11.3 Å². The van der Waals surface area contributed by atoms with Gasteiger partial charge in [-0.1, -0.05) is 17.9 Å². The molecule has 0 aliphatic carbocycles. The zero-order chi connectivity index (χ0) is 14.2. The summed E-state index contributed by atoms with van der Waals surface area (Å²) in [6.45, 7) is 0.753. The van der Waals surface area contributed by atoms with Gasteiger partial charge in [0.05, 0.1) is 13.1 Å². The fourth-order valence-corrected chi connectivity index (χ4v) is 2.09. The van der Waals surface area contributed by atoms with E-state index in [1.807, 2.05) is 17.5 Å². The predicted octanol–water partition coefficient (Wildman–Crippen LogP) is 2.74. The molecule has 1 heterocycles. The van der Waals surface area contributed by atoms with Gasteiger partial charge in [-0.25, -0.2) is 9.18 Å². The Bertz CT molecular complexity index is 612. The first-order valence-corrected chi connectivity index (χ1v) is 6.90. The Morgan fingerprint density at radius 3 is 2.70 bits per heavy atom. The molecule has 102 valence electrons. The molecule has 2 amide bonds. The van der Waals surface area contributed by atoms with Crippen molar-refractivity contribution in [2.45, 2.75) is 6.54 Å². The van der Waals surface area contributed by atoms with Gasteiger partial charge in [-0.05, 0) is 35.7 Å². The number of benzene rings is 1. The quantitative estimate of drug-likeness (QED) is 0.838. The normalized spacial score (nSPS) is 9.45. The molecule has 0 radical (unpaired) electrons. The second kappa shape index (κ2) is 7.31. The summed E-state index contributed by atoms with van der Waals surface area (Å²) in [7, 11) is 0. The van der Waals surface area contributed by atoms with Crippen LogP contribution in [-0.2, 0) is 6.54 Å². The van der Waals surface area contributed by atoms with Crippen LogP contribution in [0.3, 0.4) is 0 Å². The molecule has 0 aliphatic heterocycles. The van der Waals surface area contributed by atoms with Gasteiger partial charge < -0.3 is 10.6 Å². The second-order valence-electron chi connectivity index (χ2n) is 3.92. The maximum Gasteiger partial charge on any atom is 0.315 e. The predicted molar refractivity (Wildman–Crippen MR) is 77.8 cm³/mol. The van der Waals surface area contributed by atoms with Gasteiger partial charge in [0.15, 0.2) is 0 Å². The lowest BCUT2D eigenvalue weighted by Crippen LogP contribution is -2.34. The smallest absolute Gasteiger partial charge is 0.315 e. The van der Waals surface area contributed by atoms with Crippen LogP contribution >= 0.6 is 11.3 Å². The maximum absolute atomic E-state index is 12.7. The third kappa shape index (κ3) is 4.75. The molecular formula is C15H13FN2OS. The number of amides is 2. The van der Waals surface area contributed by atoms with Crippen LogP contribution in [0.2, 0.25) is 0 Å². The molecule has 5 heteroatoms. The van der Waals surface area contributed by atoms with Gasteiger partial charge in [0, 0.05) is 10.4 Å². The molecule has 0 spiro atoms. The first-order chi connectivity index (χ1) is 9.74. The van der Waals surface area contributed by atoms with Gasteiger partial charge in [0.1, 0.15) is 5.82 Å². The Morgan fingerprint density at radius 1 is 1.20 bits per heavy atom. The Labute approximate surface area is 120 Å². The molecule has 0 atom stereocenters. The van der Waals surface area contributed by atoms with Gasteiger partial charge in [-0.3, -0.25) is 0 Å². The van der Waals surface area contributed by atoms with Crippen molar-refractivity contribution in [2.24, 2.45) is 0 Å². The van der Waals surface area contributed by atoms with Crippen molar-refractivity contribution >= 4 is 17.4 Å². The number of rotatable bonds is 3. The highest BCUT2D eigenvalue weighted by Crippen LogP contribution is 2.06. The molecule has 1 aromatic carbocycles. The van der Waals surface area contributed by atoms with E-state index in [-0.39, 0.29) is 18.4 Å². The monoisotopic (exact) mass is 288 g/mol. The second-order valence-corrected chi connectivity index (χ2v) is 4.96. The zero-order valence-electron chi connectivity index (χ0n) is 10.7. The minimum Gasteiger partial charge on any atom is -0.333 e. The molecule has 1 aromatic heterocycles. The zero-order valence-corrected chi connectivity index (χ0v) is 11.5. The van der Waals surface area contributed by atoms with E-state index in [1.54, 1.807) is 23.5 Å². The number of urea groups is 1.